The topological polar surface area (TPSA) is 75.7 Å². The summed E-state index contributed by atoms with van der Waals surface area (Å²) >= 11 is 9.28. The lowest BCUT2D eigenvalue weighted by atomic mass is 9.96. The summed E-state index contributed by atoms with van der Waals surface area (Å²) in [6.07, 6.45) is 0. The molecule has 1 aliphatic rings. The number of anilines is 2. The molecule has 1 heterocycles. The van der Waals surface area contributed by atoms with E-state index in [1.807, 2.05) is 0 Å². The van der Waals surface area contributed by atoms with Gasteiger partial charge < -0.3 is 10.1 Å². The van der Waals surface area contributed by atoms with Gasteiger partial charge in [-0.15, -0.1) is 0 Å². The number of hydrogen-bond acceptors (Lipinski definition) is 4. The van der Waals surface area contributed by atoms with Crippen molar-refractivity contribution in [3.8, 4) is 0 Å². The smallest absolute Gasteiger partial charge is 0.340 e. The van der Waals surface area contributed by atoms with Gasteiger partial charge in [0.2, 0.25) is 5.91 Å². The van der Waals surface area contributed by atoms with E-state index in [0.717, 1.165) is 0 Å². The van der Waals surface area contributed by atoms with Crippen LogP contribution in [0.4, 0.5) is 11.4 Å². The van der Waals surface area contributed by atoms with E-state index < -0.39 is 24.0 Å². The van der Waals surface area contributed by atoms with Gasteiger partial charge in [-0.1, -0.05) is 39.7 Å². The maximum atomic E-state index is 12.8. The lowest BCUT2D eigenvalue weighted by Gasteiger charge is -2.41. The first-order valence-corrected chi connectivity index (χ1v) is 9.24. The second-order valence-corrected chi connectivity index (χ2v) is 7.78. The summed E-state index contributed by atoms with van der Waals surface area (Å²) in [5, 5.41) is 3.00. The molecule has 1 N–H and O–H groups in total. The Morgan fingerprint density at radius 2 is 1.93 bits per heavy atom. The third-order valence-corrected chi connectivity index (χ3v) is 5.06. The van der Waals surface area contributed by atoms with Crippen LogP contribution >= 0.6 is 27.5 Å². The van der Waals surface area contributed by atoms with Crippen molar-refractivity contribution >= 4 is 56.7 Å². The zero-order valence-electron chi connectivity index (χ0n) is 14.6. The van der Waals surface area contributed by atoms with Crippen molar-refractivity contribution in [3.05, 3.63) is 57.5 Å². The minimum absolute atomic E-state index is 0.148. The molecule has 140 valence electrons. The summed E-state index contributed by atoms with van der Waals surface area (Å²) in [7, 11) is 0. The lowest BCUT2D eigenvalue weighted by molar-refractivity contribution is -0.128. The highest BCUT2D eigenvalue weighted by Gasteiger charge is 2.43. The van der Waals surface area contributed by atoms with E-state index in [4.69, 9.17) is 16.3 Å². The predicted molar refractivity (Wildman–Crippen MR) is 106 cm³/mol. The molecule has 0 saturated carbocycles. The average molecular weight is 452 g/mol. The Kier molecular flexibility index (Phi) is 5.26. The van der Waals surface area contributed by atoms with Crippen molar-refractivity contribution in [1.29, 1.82) is 0 Å². The third kappa shape index (κ3) is 3.70. The third-order valence-electron chi connectivity index (χ3n) is 4.23. The van der Waals surface area contributed by atoms with Crippen LogP contribution in [0.3, 0.4) is 0 Å². The van der Waals surface area contributed by atoms with Crippen LogP contribution < -0.4 is 10.2 Å². The van der Waals surface area contributed by atoms with Gasteiger partial charge in [0.1, 0.15) is 5.54 Å². The van der Waals surface area contributed by atoms with E-state index in [1.165, 1.54) is 11.0 Å². The van der Waals surface area contributed by atoms with E-state index in [9.17, 15) is 14.4 Å². The zero-order chi connectivity index (χ0) is 19.8. The molecule has 0 saturated heterocycles. The summed E-state index contributed by atoms with van der Waals surface area (Å²) in [6, 6.07) is 11.7. The molecular formula is C19H16BrClN2O4. The van der Waals surface area contributed by atoms with Gasteiger partial charge in [-0.05, 0) is 44.2 Å². The van der Waals surface area contributed by atoms with Crippen LogP contribution in [0, 0.1) is 0 Å². The summed E-state index contributed by atoms with van der Waals surface area (Å²) in [5.74, 6) is -1.56. The van der Waals surface area contributed by atoms with Gasteiger partial charge in [-0.2, -0.15) is 0 Å². The molecule has 3 rings (SSSR count). The largest absolute Gasteiger partial charge is 0.452 e. The number of nitrogens with one attached hydrogen (secondary N) is 1. The Morgan fingerprint density at radius 3 is 2.67 bits per heavy atom. The second-order valence-electron chi connectivity index (χ2n) is 6.46. The van der Waals surface area contributed by atoms with Crippen LogP contribution in [0.5, 0.6) is 0 Å². The highest BCUT2D eigenvalue weighted by molar-refractivity contribution is 9.10. The van der Waals surface area contributed by atoms with Gasteiger partial charge in [-0.3, -0.25) is 14.5 Å². The fourth-order valence-electron chi connectivity index (χ4n) is 2.82. The first-order chi connectivity index (χ1) is 12.7. The van der Waals surface area contributed by atoms with Crippen molar-refractivity contribution in [3.63, 3.8) is 0 Å². The molecule has 2 aromatic carbocycles. The zero-order valence-corrected chi connectivity index (χ0v) is 16.9. The molecule has 0 aromatic heterocycles. The molecule has 0 unspecified atom stereocenters. The van der Waals surface area contributed by atoms with Crippen LogP contribution in [0.1, 0.15) is 24.2 Å². The number of benzene rings is 2. The Bertz CT molecular complexity index is 945. The molecule has 1 aliphatic heterocycles. The molecule has 0 radical (unpaired) electrons. The summed E-state index contributed by atoms with van der Waals surface area (Å²) in [5.41, 5.74) is 0.0840. The molecule has 6 nitrogen and oxygen atoms in total. The van der Waals surface area contributed by atoms with E-state index in [-0.39, 0.29) is 16.5 Å². The van der Waals surface area contributed by atoms with Gasteiger partial charge in [0.25, 0.3) is 5.91 Å². The Morgan fingerprint density at radius 1 is 1.22 bits per heavy atom. The number of carbonyl (C=O) groups is 3. The number of nitrogens with zero attached hydrogens (tertiary/aromatic N) is 1. The minimum Gasteiger partial charge on any atom is -0.452 e. The summed E-state index contributed by atoms with van der Waals surface area (Å²) in [6.45, 7) is 2.74. The maximum Gasteiger partial charge on any atom is 0.340 e. The van der Waals surface area contributed by atoms with Gasteiger partial charge >= 0.3 is 5.97 Å². The molecule has 0 aliphatic carbocycles. The molecule has 0 fully saturated rings. The summed E-state index contributed by atoms with van der Waals surface area (Å²) in [4.78, 5) is 38.9. The minimum atomic E-state index is -1.13. The van der Waals surface area contributed by atoms with Crippen molar-refractivity contribution in [2.45, 2.75) is 19.4 Å². The molecule has 27 heavy (non-hydrogen) atoms. The van der Waals surface area contributed by atoms with Crippen LogP contribution in [0.25, 0.3) is 0 Å². The van der Waals surface area contributed by atoms with E-state index in [0.29, 0.717) is 15.8 Å². The number of esters is 1. The number of para-hydroxylation sites is 2. The highest BCUT2D eigenvalue weighted by Crippen LogP contribution is 2.36. The van der Waals surface area contributed by atoms with E-state index >= 15 is 0 Å². The number of hydrogen-bond donors (Lipinski definition) is 1. The molecule has 0 bridgehead atoms. The Hall–Kier alpha value is -2.38. The van der Waals surface area contributed by atoms with Crippen LogP contribution in [-0.4, -0.2) is 29.9 Å². The van der Waals surface area contributed by atoms with Crippen LogP contribution in [-0.2, 0) is 14.3 Å². The quantitative estimate of drug-likeness (QED) is 0.715. The average Bonchev–Trinajstić information content (AvgIpc) is 2.62. The molecule has 8 heteroatoms. The van der Waals surface area contributed by atoms with Crippen molar-refractivity contribution in [2.75, 3.05) is 16.8 Å². The van der Waals surface area contributed by atoms with Crippen LogP contribution in [0.15, 0.2) is 46.9 Å². The van der Waals surface area contributed by atoms with E-state index in [1.54, 1.807) is 50.2 Å². The first kappa shape index (κ1) is 19.4. The van der Waals surface area contributed by atoms with Crippen molar-refractivity contribution < 1.29 is 19.1 Å². The van der Waals surface area contributed by atoms with E-state index in [2.05, 4.69) is 21.2 Å². The Labute approximate surface area is 169 Å². The standard InChI is InChI=1S/C19H16BrClN2O4/c1-19(2)18(26)22-14-5-3-4-6-15(14)23(19)16(24)10-27-17(25)12-9-11(20)7-8-13(12)21/h3-9H,10H2,1-2H3,(H,22,26). The first-order valence-electron chi connectivity index (χ1n) is 8.07. The SMILES string of the molecule is CC1(C)C(=O)Nc2ccccc2N1C(=O)COC(=O)c1cc(Br)ccc1Cl. The molecule has 2 aromatic rings. The number of carbonyl (C=O) groups excluding carboxylic acids is 3. The molecular weight excluding hydrogens is 436 g/mol. The second kappa shape index (κ2) is 7.32. The molecule has 2 amide bonds. The fraction of sp³-hybridized carbons (Fsp3) is 0.211. The number of rotatable bonds is 3. The normalized spacial score (nSPS) is 15.0. The van der Waals surface area contributed by atoms with Crippen LogP contribution in [0.2, 0.25) is 5.02 Å². The molecule has 0 spiro atoms. The predicted octanol–water partition coefficient (Wildman–Crippen LogP) is 4.02. The van der Waals surface area contributed by atoms with Crippen molar-refractivity contribution in [1.82, 2.24) is 0 Å². The maximum absolute atomic E-state index is 12.8. The number of halogens is 2. The van der Waals surface area contributed by atoms with Crippen molar-refractivity contribution in [2.24, 2.45) is 0 Å². The lowest BCUT2D eigenvalue weighted by Crippen LogP contribution is -2.59. The Balaban J connectivity index is 1.82. The van der Waals surface area contributed by atoms with Gasteiger partial charge in [0.05, 0.1) is 22.0 Å². The number of fused-ring (bicyclic) bond motifs is 1. The van der Waals surface area contributed by atoms with Gasteiger partial charge in [0.15, 0.2) is 6.61 Å². The highest BCUT2D eigenvalue weighted by atomic mass is 79.9. The number of amides is 2. The summed E-state index contributed by atoms with van der Waals surface area (Å²) < 4.78 is 5.82. The molecule has 0 atom stereocenters. The van der Waals surface area contributed by atoms with Gasteiger partial charge in [-0.25, -0.2) is 4.79 Å². The monoisotopic (exact) mass is 450 g/mol. The number of ether oxygens (including phenoxy) is 1. The van der Waals surface area contributed by atoms with Gasteiger partial charge in [0, 0.05) is 4.47 Å². The fourth-order valence-corrected chi connectivity index (χ4v) is 3.38.